The van der Waals surface area contributed by atoms with E-state index in [0.717, 1.165) is 18.2 Å². The molecule has 0 aliphatic carbocycles. The lowest BCUT2D eigenvalue weighted by atomic mass is 10.3. The molecule has 2 nitrogen and oxygen atoms in total. The van der Waals surface area contributed by atoms with Crippen LogP contribution in [0.5, 0.6) is 0 Å². The summed E-state index contributed by atoms with van der Waals surface area (Å²) >= 11 is 1.39. The fourth-order valence-corrected chi connectivity index (χ4v) is 1.32. The third-order valence-electron chi connectivity index (χ3n) is 0.964. The van der Waals surface area contributed by atoms with Crippen LogP contribution in [-0.2, 0) is 0 Å². The minimum Gasteiger partial charge on any atom is -0.336 e. The van der Waals surface area contributed by atoms with Crippen LogP contribution in [0.1, 0.15) is 20.8 Å². The molecule has 0 unspecified atom stereocenters. The molecule has 0 spiro atoms. The highest BCUT2D eigenvalue weighted by Crippen LogP contribution is 2.13. The van der Waals surface area contributed by atoms with E-state index in [0.29, 0.717) is 0 Å². The normalized spacial score (nSPS) is 16.8. The lowest BCUT2D eigenvalue weighted by Crippen LogP contribution is -2.15. The second-order valence-electron chi connectivity index (χ2n) is 3.27. The minimum atomic E-state index is 0.208. The lowest BCUT2D eigenvalue weighted by Gasteiger charge is -2.01. The first kappa shape index (κ1) is 10.8. The quantitative estimate of drug-likeness (QED) is 0.563. The van der Waals surface area contributed by atoms with Crippen molar-refractivity contribution in [2.75, 3.05) is 19.3 Å². The largest absolute Gasteiger partial charge is 0.336 e. The molecule has 11 heavy (non-hydrogen) atoms. The number of rotatable bonds is 0. The maximum Gasteiger partial charge on any atom is 0.281 e. The van der Waals surface area contributed by atoms with Gasteiger partial charge in [0.1, 0.15) is 0 Å². The monoisotopic (exact) mass is 175 g/mol. The molecule has 0 aromatic carbocycles. The van der Waals surface area contributed by atoms with Crippen molar-refractivity contribution in [2.24, 2.45) is 5.92 Å². The van der Waals surface area contributed by atoms with Gasteiger partial charge in [0.05, 0.1) is 0 Å². The van der Waals surface area contributed by atoms with Gasteiger partial charge in [-0.25, -0.2) is 0 Å². The van der Waals surface area contributed by atoms with Crippen LogP contribution in [0.3, 0.4) is 0 Å². The second-order valence-corrected chi connectivity index (χ2v) is 4.31. The highest BCUT2D eigenvalue weighted by atomic mass is 32.2. The van der Waals surface area contributed by atoms with Crippen LogP contribution in [-0.4, -0.2) is 29.5 Å². The summed E-state index contributed by atoms with van der Waals surface area (Å²) in [6.45, 7) is 7.42. The first-order valence-corrected chi connectivity index (χ1v) is 4.90. The van der Waals surface area contributed by atoms with E-state index in [-0.39, 0.29) is 5.24 Å². The number of hydrogen-bond acceptors (Lipinski definition) is 2. The summed E-state index contributed by atoms with van der Waals surface area (Å²) in [5, 5.41) is 0.208. The summed E-state index contributed by atoms with van der Waals surface area (Å²) in [6, 6.07) is 0. The third kappa shape index (κ3) is 6.23. The molecule has 1 rings (SSSR count). The van der Waals surface area contributed by atoms with Gasteiger partial charge in [-0.2, -0.15) is 0 Å². The lowest BCUT2D eigenvalue weighted by molar-refractivity contribution is 0.239. The standard InChI is InChI=1S/C4H7NOS.C4H10/c1-5-2-3-7-4(5)6;1-4(2)3/h2-3H2,1H3;4H,1-3H3. The van der Waals surface area contributed by atoms with Crippen LogP contribution in [0.2, 0.25) is 0 Å². The molecule has 1 saturated heterocycles. The van der Waals surface area contributed by atoms with Gasteiger partial charge in [-0.3, -0.25) is 4.79 Å². The van der Waals surface area contributed by atoms with E-state index < -0.39 is 0 Å². The Hall–Kier alpha value is -0.180. The predicted octanol–water partition coefficient (Wildman–Crippen LogP) is 2.45. The number of amides is 1. The van der Waals surface area contributed by atoms with Gasteiger partial charge in [0.2, 0.25) is 0 Å². The van der Waals surface area contributed by atoms with E-state index in [1.165, 1.54) is 11.8 Å². The number of thioether (sulfide) groups is 1. The van der Waals surface area contributed by atoms with Crippen LogP contribution in [0, 0.1) is 5.92 Å². The van der Waals surface area contributed by atoms with Gasteiger partial charge in [-0.15, -0.1) is 0 Å². The second kappa shape index (κ2) is 5.47. The van der Waals surface area contributed by atoms with Gasteiger partial charge in [-0.1, -0.05) is 32.5 Å². The Morgan fingerprint density at radius 1 is 1.45 bits per heavy atom. The molecule has 66 valence electrons. The topological polar surface area (TPSA) is 20.3 Å². The van der Waals surface area contributed by atoms with Gasteiger partial charge in [0.15, 0.2) is 0 Å². The van der Waals surface area contributed by atoms with E-state index >= 15 is 0 Å². The molecule has 0 aromatic heterocycles. The zero-order valence-corrected chi connectivity index (χ0v) is 8.57. The SMILES string of the molecule is CC(C)C.CN1CCSC1=O. The summed E-state index contributed by atoms with van der Waals surface area (Å²) in [6.07, 6.45) is 0. The molecule has 0 radical (unpaired) electrons. The molecular formula is C8H17NOS. The van der Waals surface area contributed by atoms with Crippen molar-refractivity contribution < 1.29 is 4.79 Å². The highest BCUT2D eigenvalue weighted by molar-refractivity contribution is 8.13. The predicted molar refractivity (Wildman–Crippen MR) is 51.0 cm³/mol. The Morgan fingerprint density at radius 3 is 2.00 bits per heavy atom. The maximum absolute atomic E-state index is 10.5. The minimum absolute atomic E-state index is 0.208. The van der Waals surface area contributed by atoms with E-state index in [1.54, 1.807) is 4.90 Å². The fourth-order valence-electron chi connectivity index (χ4n) is 0.471. The molecule has 1 aliphatic rings. The third-order valence-corrected chi connectivity index (χ3v) is 1.91. The number of carbonyl (C=O) groups is 1. The molecule has 0 saturated carbocycles. The summed E-state index contributed by atoms with van der Waals surface area (Å²) < 4.78 is 0. The van der Waals surface area contributed by atoms with E-state index in [4.69, 9.17) is 0 Å². The summed E-state index contributed by atoms with van der Waals surface area (Å²) in [7, 11) is 1.82. The number of carbonyl (C=O) groups excluding carboxylic acids is 1. The van der Waals surface area contributed by atoms with Crippen LogP contribution in [0.15, 0.2) is 0 Å². The first-order valence-electron chi connectivity index (χ1n) is 3.92. The Bertz CT molecular complexity index is 123. The molecule has 0 bridgehead atoms. The molecule has 0 atom stereocenters. The van der Waals surface area contributed by atoms with Crippen molar-refractivity contribution in [1.29, 1.82) is 0 Å². The van der Waals surface area contributed by atoms with Crippen LogP contribution >= 0.6 is 11.8 Å². The first-order chi connectivity index (χ1) is 5.04. The van der Waals surface area contributed by atoms with Gasteiger partial charge >= 0.3 is 0 Å². The number of hydrogen-bond donors (Lipinski definition) is 0. The highest BCUT2D eigenvalue weighted by Gasteiger charge is 2.15. The van der Waals surface area contributed by atoms with Crippen LogP contribution < -0.4 is 0 Å². The van der Waals surface area contributed by atoms with Crippen LogP contribution in [0.4, 0.5) is 4.79 Å². The summed E-state index contributed by atoms with van der Waals surface area (Å²) in [5.41, 5.74) is 0. The van der Waals surface area contributed by atoms with Gasteiger partial charge < -0.3 is 4.90 Å². The summed E-state index contributed by atoms with van der Waals surface area (Å²) in [5.74, 6) is 1.80. The summed E-state index contributed by atoms with van der Waals surface area (Å²) in [4.78, 5) is 12.2. The Kier molecular flexibility index (Phi) is 5.38. The van der Waals surface area contributed by atoms with Crippen molar-refractivity contribution in [3.05, 3.63) is 0 Å². The zero-order valence-electron chi connectivity index (χ0n) is 7.76. The number of nitrogens with zero attached hydrogens (tertiary/aromatic N) is 1. The van der Waals surface area contributed by atoms with Gasteiger partial charge in [0, 0.05) is 19.3 Å². The van der Waals surface area contributed by atoms with Crippen molar-refractivity contribution in [3.8, 4) is 0 Å². The molecule has 1 aliphatic heterocycles. The molecule has 0 N–H and O–H groups in total. The zero-order chi connectivity index (χ0) is 8.85. The van der Waals surface area contributed by atoms with Crippen LogP contribution in [0.25, 0.3) is 0 Å². The fraction of sp³-hybridized carbons (Fsp3) is 0.875. The molecule has 1 heterocycles. The van der Waals surface area contributed by atoms with Crippen molar-refractivity contribution in [3.63, 3.8) is 0 Å². The average Bonchev–Trinajstić information content (AvgIpc) is 2.15. The van der Waals surface area contributed by atoms with Crippen molar-refractivity contribution in [2.45, 2.75) is 20.8 Å². The van der Waals surface area contributed by atoms with Crippen molar-refractivity contribution in [1.82, 2.24) is 4.90 Å². The molecule has 1 fully saturated rings. The van der Waals surface area contributed by atoms with E-state index in [2.05, 4.69) is 20.8 Å². The molecular weight excluding hydrogens is 158 g/mol. The smallest absolute Gasteiger partial charge is 0.281 e. The molecule has 1 amide bonds. The average molecular weight is 175 g/mol. The van der Waals surface area contributed by atoms with Gasteiger partial charge in [0.25, 0.3) is 5.24 Å². The molecule has 3 heteroatoms. The molecule has 0 aromatic rings. The van der Waals surface area contributed by atoms with E-state index in [1.807, 2.05) is 7.05 Å². The van der Waals surface area contributed by atoms with Crippen molar-refractivity contribution >= 4 is 17.0 Å². The Morgan fingerprint density at radius 2 is 1.91 bits per heavy atom. The maximum atomic E-state index is 10.5. The Labute approximate surface area is 73.3 Å². The van der Waals surface area contributed by atoms with E-state index in [9.17, 15) is 4.79 Å². The van der Waals surface area contributed by atoms with Gasteiger partial charge in [-0.05, 0) is 5.92 Å². The Balaban J connectivity index is 0.000000218.